The number of thioether (sulfide) groups is 1. The molecule has 0 saturated carbocycles. The molecular weight excluding hydrogens is 240 g/mol. The lowest BCUT2D eigenvalue weighted by Crippen LogP contribution is -1.96. The number of rotatable bonds is 3. The lowest BCUT2D eigenvalue weighted by Gasteiger charge is -2.04. The van der Waals surface area contributed by atoms with Crippen LogP contribution in [-0.2, 0) is 6.42 Å². The largest absolute Gasteiger partial charge is 0.230 e. The average molecular weight is 251 g/mol. The summed E-state index contributed by atoms with van der Waals surface area (Å²) in [6.45, 7) is 0. The number of hydrogen-bond acceptors (Lipinski definition) is 3. The molecule has 0 fully saturated rings. The molecule has 1 aromatic carbocycles. The van der Waals surface area contributed by atoms with Gasteiger partial charge in [-0.05, 0) is 11.8 Å². The van der Waals surface area contributed by atoms with E-state index in [1.165, 1.54) is 17.3 Å². The highest BCUT2D eigenvalue weighted by Gasteiger charge is 2.05. The fourth-order valence-electron chi connectivity index (χ4n) is 1.40. The average Bonchev–Trinajstić information content (AvgIpc) is 2.33. The van der Waals surface area contributed by atoms with E-state index in [0.29, 0.717) is 5.02 Å². The van der Waals surface area contributed by atoms with Gasteiger partial charge >= 0.3 is 0 Å². The fraction of sp³-hybridized carbons (Fsp3) is 0.167. The molecule has 0 aliphatic rings. The highest BCUT2D eigenvalue weighted by molar-refractivity contribution is 7.98. The minimum Gasteiger partial charge on any atom is -0.230 e. The van der Waals surface area contributed by atoms with Crippen LogP contribution in [0, 0.1) is 0 Å². The van der Waals surface area contributed by atoms with Crippen LogP contribution in [0.25, 0.3) is 0 Å². The summed E-state index contributed by atoms with van der Waals surface area (Å²) in [6.07, 6.45) is 4.37. The van der Waals surface area contributed by atoms with Crippen molar-refractivity contribution in [2.24, 2.45) is 0 Å². The summed E-state index contributed by atoms with van der Waals surface area (Å²) in [6, 6.07) is 10.2. The van der Waals surface area contributed by atoms with E-state index in [-0.39, 0.29) is 0 Å². The predicted molar refractivity (Wildman–Crippen MR) is 68.1 cm³/mol. The van der Waals surface area contributed by atoms with Crippen molar-refractivity contribution in [3.05, 3.63) is 52.8 Å². The maximum Gasteiger partial charge on any atom is 0.187 e. The van der Waals surface area contributed by atoms with E-state index in [1.54, 1.807) is 6.20 Å². The van der Waals surface area contributed by atoms with E-state index in [4.69, 9.17) is 11.6 Å². The molecule has 0 N–H and O–H groups in total. The summed E-state index contributed by atoms with van der Waals surface area (Å²) in [5.74, 6) is 0. The Morgan fingerprint density at radius 3 is 2.69 bits per heavy atom. The van der Waals surface area contributed by atoms with Crippen molar-refractivity contribution in [2.75, 3.05) is 6.26 Å². The zero-order chi connectivity index (χ0) is 11.4. The van der Waals surface area contributed by atoms with E-state index in [2.05, 4.69) is 22.1 Å². The molecule has 0 radical (unpaired) electrons. The van der Waals surface area contributed by atoms with Gasteiger partial charge in [0.25, 0.3) is 0 Å². The zero-order valence-electron chi connectivity index (χ0n) is 8.85. The molecule has 0 amide bonds. The second kappa shape index (κ2) is 5.32. The van der Waals surface area contributed by atoms with Crippen LogP contribution in [0.15, 0.2) is 41.7 Å². The lowest BCUT2D eigenvalue weighted by atomic mass is 10.1. The SMILES string of the molecule is CSc1ncc(Cl)c(Cc2ccccc2)n1. The molecule has 0 spiro atoms. The van der Waals surface area contributed by atoms with E-state index in [1.807, 2.05) is 24.5 Å². The number of halogens is 1. The van der Waals surface area contributed by atoms with Gasteiger partial charge in [-0.15, -0.1) is 0 Å². The van der Waals surface area contributed by atoms with Crippen molar-refractivity contribution < 1.29 is 0 Å². The fourth-order valence-corrected chi connectivity index (χ4v) is 1.91. The Morgan fingerprint density at radius 2 is 2.00 bits per heavy atom. The van der Waals surface area contributed by atoms with Crippen LogP contribution in [0.4, 0.5) is 0 Å². The Labute approximate surface area is 104 Å². The maximum absolute atomic E-state index is 6.07. The smallest absolute Gasteiger partial charge is 0.187 e. The highest BCUT2D eigenvalue weighted by Crippen LogP contribution is 2.19. The molecule has 2 rings (SSSR count). The Morgan fingerprint density at radius 1 is 1.25 bits per heavy atom. The van der Waals surface area contributed by atoms with Crippen LogP contribution < -0.4 is 0 Å². The third kappa shape index (κ3) is 2.74. The monoisotopic (exact) mass is 250 g/mol. The molecule has 0 bridgehead atoms. The van der Waals surface area contributed by atoms with Crippen molar-refractivity contribution in [1.29, 1.82) is 0 Å². The third-order valence-electron chi connectivity index (χ3n) is 2.19. The van der Waals surface area contributed by atoms with Crippen molar-refractivity contribution in [3.63, 3.8) is 0 Å². The van der Waals surface area contributed by atoms with Crippen LogP contribution in [-0.4, -0.2) is 16.2 Å². The standard InChI is InChI=1S/C12H11ClN2S/c1-16-12-14-8-10(13)11(15-12)7-9-5-3-2-4-6-9/h2-6,8H,7H2,1H3. The van der Waals surface area contributed by atoms with Gasteiger partial charge in [0.2, 0.25) is 0 Å². The highest BCUT2D eigenvalue weighted by atomic mass is 35.5. The first-order valence-electron chi connectivity index (χ1n) is 4.89. The van der Waals surface area contributed by atoms with Gasteiger partial charge in [0.15, 0.2) is 5.16 Å². The summed E-state index contributed by atoms with van der Waals surface area (Å²) in [4.78, 5) is 8.52. The second-order valence-electron chi connectivity index (χ2n) is 3.31. The molecule has 0 saturated heterocycles. The molecule has 1 heterocycles. The summed E-state index contributed by atoms with van der Waals surface area (Å²) in [7, 11) is 0. The zero-order valence-corrected chi connectivity index (χ0v) is 10.4. The van der Waals surface area contributed by atoms with E-state index < -0.39 is 0 Å². The lowest BCUT2D eigenvalue weighted by molar-refractivity contribution is 0.905. The van der Waals surface area contributed by atoms with Gasteiger partial charge < -0.3 is 0 Å². The van der Waals surface area contributed by atoms with Crippen LogP contribution in [0.1, 0.15) is 11.3 Å². The first-order chi connectivity index (χ1) is 7.79. The molecule has 2 aromatic rings. The van der Waals surface area contributed by atoms with Crippen LogP contribution in [0.3, 0.4) is 0 Å². The van der Waals surface area contributed by atoms with Gasteiger partial charge in [-0.25, -0.2) is 9.97 Å². The van der Waals surface area contributed by atoms with E-state index in [0.717, 1.165) is 17.3 Å². The van der Waals surface area contributed by atoms with E-state index >= 15 is 0 Å². The summed E-state index contributed by atoms with van der Waals surface area (Å²) in [5, 5.41) is 1.39. The summed E-state index contributed by atoms with van der Waals surface area (Å²) >= 11 is 7.59. The van der Waals surface area contributed by atoms with Gasteiger partial charge in [0.1, 0.15) is 0 Å². The molecule has 0 atom stereocenters. The number of nitrogens with zero attached hydrogens (tertiary/aromatic N) is 2. The third-order valence-corrected chi connectivity index (χ3v) is 3.07. The maximum atomic E-state index is 6.07. The van der Waals surface area contributed by atoms with Crippen molar-refractivity contribution in [2.45, 2.75) is 11.6 Å². The first-order valence-corrected chi connectivity index (χ1v) is 6.49. The number of aromatic nitrogens is 2. The van der Waals surface area contributed by atoms with Gasteiger partial charge in [-0.2, -0.15) is 0 Å². The molecule has 16 heavy (non-hydrogen) atoms. The Balaban J connectivity index is 2.27. The molecule has 0 aliphatic heterocycles. The number of benzene rings is 1. The summed E-state index contributed by atoms with van der Waals surface area (Å²) < 4.78 is 0. The minimum atomic E-state index is 0.627. The van der Waals surface area contributed by atoms with Crippen LogP contribution in [0.5, 0.6) is 0 Å². The first kappa shape index (κ1) is 11.4. The van der Waals surface area contributed by atoms with Gasteiger partial charge in [0, 0.05) is 6.42 Å². The summed E-state index contributed by atoms with van der Waals surface area (Å²) in [5.41, 5.74) is 2.09. The van der Waals surface area contributed by atoms with Gasteiger partial charge in [0.05, 0.1) is 16.9 Å². The van der Waals surface area contributed by atoms with Crippen molar-refractivity contribution >= 4 is 23.4 Å². The van der Waals surface area contributed by atoms with Crippen molar-refractivity contribution in [1.82, 2.24) is 9.97 Å². The molecular formula is C12H11ClN2S. The Kier molecular flexibility index (Phi) is 3.80. The number of hydrogen-bond donors (Lipinski definition) is 0. The predicted octanol–water partition coefficient (Wildman–Crippen LogP) is 3.44. The van der Waals surface area contributed by atoms with E-state index in [9.17, 15) is 0 Å². The molecule has 4 heteroatoms. The molecule has 82 valence electrons. The van der Waals surface area contributed by atoms with Crippen LogP contribution in [0.2, 0.25) is 5.02 Å². The topological polar surface area (TPSA) is 25.8 Å². The van der Waals surface area contributed by atoms with Crippen molar-refractivity contribution in [3.8, 4) is 0 Å². The molecule has 1 aromatic heterocycles. The molecule has 2 nitrogen and oxygen atoms in total. The van der Waals surface area contributed by atoms with Gasteiger partial charge in [-0.3, -0.25) is 0 Å². The van der Waals surface area contributed by atoms with Gasteiger partial charge in [-0.1, -0.05) is 53.7 Å². The van der Waals surface area contributed by atoms with Crippen LogP contribution >= 0.6 is 23.4 Å². The normalized spacial score (nSPS) is 10.4. The minimum absolute atomic E-state index is 0.627. The molecule has 0 aliphatic carbocycles. The Hall–Kier alpha value is -1.06. The second-order valence-corrected chi connectivity index (χ2v) is 4.49. The Bertz CT molecular complexity index is 474. The quantitative estimate of drug-likeness (QED) is 0.617. The molecule has 0 unspecified atom stereocenters.